The summed E-state index contributed by atoms with van der Waals surface area (Å²) in [6.07, 6.45) is 1.92. The van der Waals surface area contributed by atoms with Gasteiger partial charge in [-0.2, -0.15) is 0 Å². The van der Waals surface area contributed by atoms with Crippen LogP contribution in [0.2, 0.25) is 0 Å². The monoisotopic (exact) mass is 318 g/mol. The summed E-state index contributed by atoms with van der Waals surface area (Å²) >= 11 is 3.44. The molecule has 96 valence electrons. The number of hydrogen-bond acceptors (Lipinski definition) is 4. The molecule has 3 rings (SSSR count). The third kappa shape index (κ3) is 2.04. The predicted molar refractivity (Wildman–Crippen MR) is 77.1 cm³/mol. The Balaban J connectivity index is 2.18. The van der Waals surface area contributed by atoms with Gasteiger partial charge < -0.3 is 10.5 Å². The van der Waals surface area contributed by atoms with Gasteiger partial charge in [0.15, 0.2) is 11.5 Å². The first-order valence-corrected chi connectivity index (χ1v) is 6.42. The van der Waals surface area contributed by atoms with Crippen LogP contribution < -0.4 is 10.5 Å². The molecule has 0 saturated carbocycles. The Labute approximate surface area is 118 Å². The minimum atomic E-state index is 0.576. The van der Waals surface area contributed by atoms with Crippen LogP contribution in [-0.4, -0.2) is 21.7 Å². The van der Waals surface area contributed by atoms with Gasteiger partial charge in [-0.25, -0.2) is 0 Å². The average molecular weight is 319 g/mol. The van der Waals surface area contributed by atoms with E-state index >= 15 is 0 Å². The molecule has 3 aromatic rings. The molecule has 0 aliphatic heterocycles. The van der Waals surface area contributed by atoms with E-state index in [0.29, 0.717) is 11.4 Å². The fourth-order valence-electron chi connectivity index (χ4n) is 1.94. The van der Waals surface area contributed by atoms with Gasteiger partial charge in [0.2, 0.25) is 0 Å². The molecule has 0 amide bonds. The van der Waals surface area contributed by atoms with Crippen molar-refractivity contribution in [3.63, 3.8) is 0 Å². The number of methoxy groups -OCH3 is 1. The zero-order chi connectivity index (χ0) is 13.4. The second kappa shape index (κ2) is 4.55. The lowest BCUT2D eigenvalue weighted by atomic mass is 10.2. The van der Waals surface area contributed by atoms with Crippen LogP contribution in [0.5, 0.6) is 5.75 Å². The van der Waals surface area contributed by atoms with Gasteiger partial charge in [0.05, 0.1) is 12.8 Å². The third-order valence-electron chi connectivity index (χ3n) is 2.85. The number of rotatable bonds is 2. The maximum absolute atomic E-state index is 5.92. The highest BCUT2D eigenvalue weighted by Gasteiger charge is 2.10. The molecule has 19 heavy (non-hydrogen) atoms. The molecule has 2 heterocycles. The summed E-state index contributed by atoms with van der Waals surface area (Å²) in [5.74, 6) is 1.39. The predicted octanol–water partition coefficient (Wildman–Crippen LogP) is 2.75. The second-order valence-corrected chi connectivity index (χ2v) is 4.97. The highest BCUT2D eigenvalue weighted by Crippen LogP contribution is 2.28. The Hall–Kier alpha value is -2.08. The Morgan fingerprint density at radius 1 is 1.21 bits per heavy atom. The van der Waals surface area contributed by atoms with Crippen LogP contribution in [0.3, 0.4) is 0 Å². The van der Waals surface area contributed by atoms with Crippen LogP contribution in [0, 0.1) is 0 Å². The quantitative estimate of drug-likeness (QED) is 0.738. The minimum absolute atomic E-state index is 0.576. The molecule has 0 bridgehead atoms. The van der Waals surface area contributed by atoms with Crippen molar-refractivity contribution in [1.29, 1.82) is 0 Å². The summed E-state index contributed by atoms with van der Waals surface area (Å²) in [5.41, 5.74) is 8.17. The number of nitrogens with zero attached hydrogens (tertiary/aromatic N) is 3. The van der Waals surface area contributed by atoms with Crippen LogP contribution in [0.1, 0.15) is 0 Å². The lowest BCUT2D eigenvalue weighted by molar-refractivity contribution is 0.417. The van der Waals surface area contributed by atoms with E-state index in [2.05, 4.69) is 26.1 Å². The van der Waals surface area contributed by atoms with Crippen molar-refractivity contribution in [2.24, 2.45) is 0 Å². The summed E-state index contributed by atoms with van der Waals surface area (Å²) in [6.45, 7) is 0. The second-order valence-electron chi connectivity index (χ2n) is 4.06. The van der Waals surface area contributed by atoms with Crippen molar-refractivity contribution in [2.45, 2.75) is 0 Å². The van der Waals surface area contributed by atoms with E-state index in [0.717, 1.165) is 21.5 Å². The van der Waals surface area contributed by atoms with Crippen LogP contribution >= 0.6 is 15.9 Å². The van der Waals surface area contributed by atoms with Crippen molar-refractivity contribution in [3.05, 3.63) is 41.0 Å². The third-order valence-corrected chi connectivity index (χ3v) is 3.32. The van der Waals surface area contributed by atoms with Gasteiger partial charge >= 0.3 is 0 Å². The number of anilines is 1. The molecule has 0 radical (unpaired) electrons. The number of nitrogen functional groups attached to an aromatic ring is 1. The number of ether oxygens (including phenoxy) is 1. The summed E-state index contributed by atoms with van der Waals surface area (Å²) in [4.78, 5) is 0. The van der Waals surface area contributed by atoms with Crippen LogP contribution in [0.25, 0.3) is 17.0 Å². The number of aromatic nitrogens is 3. The summed E-state index contributed by atoms with van der Waals surface area (Å²) < 4.78 is 8.02. The topological polar surface area (TPSA) is 65.4 Å². The van der Waals surface area contributed by atoms with E-state index in [-0.39, 0.29) is 0 Å². The maximum Gasteiger partial charge on any atom is 0.168 e. The molecule has 0 fully saturated rings. The molecule has 0 aliphatic carbocycles. The van der Waals surface area contributed by atoms with Crippen molar-refractivity contribution in [2.75, 3.05) is 12.8 Å². The molecule has 6 heteroatoms. The average Bonchev–Trinajstić information content (AvgIpc) is 2.81. The molecule has 0 aliphatic rings. The van der Waals surface area contributed by atoms with Gasteiger partial charge in [-0.3, -0.25) is 4.40 Å². The number of nitrogens with two attached hydrogens (primary N) is 1. The fourth-order valence-corrected chi connectivity index (χ4v) is 2.27. The molecule has 2 aromatic heterocycles. The lowest BCUT2D eigenvalue weighted by Gasteiger charge is -2.06. The van der Waals surface area contributed by atoms with Crippen molar-refractivity contribution < 1.29 is 4.74 Å². The minimum Gasteiger partial charge on any atom is -0.495 e. The SMILES string of the molecule is COc1ccc(-c2nnc3ccc(Br)cn23)cc1N. The summed E-state index contributed by atoms with van der Waals surface area (Å²) in [6, 6.07) is 9.39. The number of pyridine rings is 1. The zero-order valence-electron chi connectivity index (χ0n) is 10.2. The largest absolute Gasteiger partial charge is 0.495 e. The van der Waals surface area contributed by atoms with E-state index in [1.807, 2.05) is 40.9 Å². The van der Waals surface area contributed by atoms with E-state index < -0.39 is 0 Å². The first-order chi connectivity index (χ1) is 9.19. The fraction of sp³-hybridized carbons (Fsp3) is 0.0769. The highest BCUT2D eigenvalue weighted by molar-refractivity contribution is 9.10. The van der Waals surface area contributed by atoms with Crippen molar-refractivity contribution in [1.82, 2.24) is 14.6 Å². The Kier molecular flexibility index (Phi) is 2.87. The maximum atomic E-state index is 5.92. The van der Waals surface area contributed by atoms with E-state index in [4.69, 9.17) is 10.5 Å². The number of benzene rings is 1. The molecular weight excluding hydrogens is 308 g/mol. The van der Waals surface area contributed by atoms with Crippen molar-refractivity contribution >= 4 is 27.3 Å². The Morgan fingerprint density at radius 3 is 2.79 bits per heavy atom. The van der Waals surface area contributed by atoms with Crippen molar-refractivity contribution in [3.8, 4) is 17.1 Å². The van der Waals surface area contributed by atoms with Gasteiger partial charge in [-0.05, 0) is 46.3 Å². The molecule has 0 spiro atoms. The van der Waals surface area contributed by atoms with Crippen LogP contribution in [-0.2, 0) is 0 Å². The normalized spacial score (nSPS) is 10.8. The van der Waals surface area contributed by atoms with Gasteiger partial charge in [0.25, 0.3) is 0 Å². The molecule has 0 saturated heterocycles. The molecule has 5 nitrogen and oxygen atoms in total. The van der Waals surface area contributed by atoms with Gasteiger partial charge in [0, 0.05) is 16.2 Å². The Morgan fingerprint density at radius 2 is 2.05 bits per heavy atom. The first kappa shape index (κ1) is 12.0. The summed E-state index contributed by atoms with van der Waals surface area (Å²) in [7, 11) is 1.59. The highest BCUT2D eigenvalue weighted by atomic mass is 79.9. The lowest BCUT2D eigenvalue weighted by Crippen LogP contribution is -1.94. The van der Waals surface area contributed by atoms with E-state index in [1.54, 1.807) is 7.11 Å². The van der Waals surface area contributed by atoms with Gasteiger partial charge in [-0.15, -0.1) is 10.2 Å². The van der Waals surface area contributed by atoms with Gasteiger partial charge in [-0.1, -0.05) is 0 Å². The smallest absolute Gasteiger partial charge is 0.168 e. The molecule has 0 unspecified atom stereocenters. The number of halogens is 1. The van der Waals surface area contributed by atoms with E-state index in [9.17, 15) is 0 Å². The molecule has 2 N–H and O–H groups in total. The zero-order valence-corrected chi connectivity index (χ0v) is 11.8. The first-order valence-electron chi connectivity index (χ1n) is 5.63. The standard InChI is InChI=1S/C13H11BrN4O/c1-19-11-4-2-8(6-10(11)15)13-17-16-12-5-3-9(14)7-18(12)13/h2-7H,15H2,1H3. The summed E-state index contributed by atoms with van der Waals surface area (Å²) in [5, 5.41) is 8.33. The number of hydrogen-bond donors (Lipinski definition) is 1. The molecule has 1 aromatic carbocycles. The van der Waals surface area contributed by atoms with Gasteiger partial charge in [0.1, 0.15) is 5.75 Å². The Bertz CT molecular complexity index is 753. The van der Waals surface area contributed by atoms with E-state index in [1.165, 1.54) is 0 Å². The van der Waals surface area contributed by atoms with Crippen LogP contribution in [0.4, 0.5) is 5.69 Å². The number of fused-ring (bicyclic) bond motifs is 1. The van der Waals surface area contributed by atoms with Crippen LogP contribution in [0.15, 0.2) is 41.0 Å². The molecular formula is C13H11BrN4O. The molecule has 0 atom stereocenters.